The van der Waals surface area contributed by atoms with Crippen molar-refractivity contribution in [3.05, 3.63) is 34.3 Å². The third-order valence-electron chi connectivity index (χ3n) is 5.49. The molecule has 1 aromatic rings. The second kappa shape index (κ2) is 6.68. The fourth-order valence-electron chi connectivity index (χ4n) is 4.33. The molecule has 2 unspecified atom stereocenters. The number of likely N-dealkylation sites (tertiary alicyclic amines) is 1. The summed E-state index contributed by atoms with van der Waals surface area (Å²) < 4.78 is 0. The van der Waals surface area contributed by atoms with E-state index < -0.39 is 0 Å². The number of nitrogens with two attached hydrogens (primary N) is 1. The molecule has 1 saturated heterocycles. The van der Waals surface area contributed by atoms with Crippen molar-refractivity contribution in [2.75, 3.05) is 13.1 Å². The molecule has 2 aliphatic rings. The summed E-state index contributed by atoms with van der Waals surface area (Å²) in [7, 11) is 0. The van der Waals surface area contributed by atoms with Gasteiger partial charge in [0.05, 0.1) is 0 Å². The van der Waals surface area contributed by atoms with E-state index in [1.165, 1.54) is 50.6 Å². The lowest BCUT2D eigenvalue weighted by Gasteiger charge is -2.36. The van der Waals surface area contributed by atoms with Gasteiger partial charge in [-0.3, -0.25) is 4.90 Å². The Morgan fingerprint density at radius 2 is 2.00 bits per heavy atom. The van der Waals surface area contributed by atoms with Gasteiger partial charge in [0.15, 0.2) is 0 Å². The van der Waals surface area contributed by atoms with Gasteiger partial charge in [-0.15, -0.1) is 0 Å². The van der Waals surface area contributed by atoms with Crippen LogP contribution < -0.4 is 5.73 Å². The summed E-state index contributed by atoms with van der Waals surface area (Å²) in [6.45, 7) is 3.93. The molecule has 0 bridgehead atoms. The average Bonchev–Trinajstić information content (AvgIpc) is 3.14. The monoisotopic (exact) mass is 306 g/mol. The predicted molar refractivity (Wildman–Crippen MR) is 89.7 cm³/mol. The average molecular weight is 307 g/mol. The van der Waals surface area contributed by atoms with Crippen LogP contribution in [-0.2, 0) is 0 Å². The third-order valence-corrected chi connectivity index (χ3v) is 5.90. The topological polar surface area (TPSA) is 29.3 Å². The van der Waals surface area contributed by atoms with E-state index in [1.807, 2.05) is 0 Å². The Hall–Kier alpha value is -0.570. The molecule has 21 heavy (non-hydrogen) atoms. The Labute approximate surface area is 133 Å². The van der Waals surface area contributed by atoms with Gasteiger partial charge >= 0.3 is 0 Å². The molecule has 0 aromatic heterocycles. The van der Waals surface area contributed by atoms with Crippen molar-refractivity contribution in [1.82, 2.24) is 4.90 Å². The van der Waals surface area contributed by atoms with Gasteiger partial charge in [-0.25, -0.2) is 0 Å². The standard InChI is InChI=1S/C18H27ClN2/c1-13-8-9-15(11-16(13)19)18(12-20)21-10-4-7-17(21)14-5-2-3-6-14/h8-9,11,14,17-18H,2-7,10,12,20H2,1H3. The first kappa shape index (κ1) is 15.3. The van der Waals surface area contributed by atoms with Crippen molar-refractivity contribution in [3.63, 3.8) is 0 Å². The Balaban J connectivity index is 1.82. The van der Waals surface area contributed by atoms with Gasteiger partial charge in [0.25, 0.3) is 0 Å². The van der Waals surface area contributed by atoms with Gasteiger partial charge in [0.2, 0.25) is 0 Å². The van der Waals surface area contributed by atoms with Gasteiger partial charge in [-0.05, 0) is 62.3 Å². The van der Waals surface area contributed by atoms with Crippen molar-refractivity contribution in [3.8, 4) is 0 Å². The summed E-state index contributed by atoms with van der Waals surface area (Å²) in [6, 6.07) is 7.53. The highest BCUT2D eigenvalue weighted by atomic mass is 35.5. The second-order valence-electron chi connectivity index (χ2n) is 6.75. The van der Waals surface area contributed by atoms with Crippen LogP contribution in [0.5, 0.6) is 0 Å². The van der Waals surface area contributed by atoms with E-state index in [-0.39, 0.29) is 0 Å². The minimum Gasteiger partial charge on any atom is -0.329 e. The Kier molecular flexibility index (Phi) is 4.88. The molecular formula is C18H27ClN2. The summed E-state index contributed by atoms with van der Waals surface area (Å²) in [5.41, 5.74) is 8.58. The maximum absolute atomic E-state index is 6.33. The van der Waals surface area contributed by atoms with Gasteiger partial charge in [-0.2, -0.15) is 0 Å². The molecule has 1 heterocycles. The number of halogens is 1. The van der Waals surface area contributed by atoms with Gasteiger partial charge in [-0.1, -0.05) is 36.6 Å². The zero-order chi connectivity index (χ0) is 14.8. The normalized spacial score (nSPS) is 25.6. The van der Waals surface area contributed by atoms with Crippen molar-refractivity contribution >= 4 is 11.6 Å². The largest absolute Gasteiger partial charge is 0.329 e. The smallest absolute Gasteiger partial charge is 0.0474 e. The molecule has 0 spiro atoms. The first-order valence-corrected chi connectivity index (χ1v) is 8.80. The minimum absolute atomic E-state index is 0.330. The van der Waals surface area contributed by atoms with Crippen LogP contribution in [0.1, 0.15) is 55.7 Å². The summed E-state index contributed by atoms with van der Waals surface area (Å²) in [4.78, 5) is 2.68. The second-order valence-corrected chi connectivity index (χ2v) is 7.16. The predicted octanol–water partition coefficient (Wildman–Crippen LogP) is 4.30. The lowest BCUT2D eigenvalue weighted by atomic mass is 9.93. The number of benzene rings is 1. The van der Waals surface area contributed by atoms with E-state index in [0.29, 0.717) is 12.6 Å². The quantitative estimate of drug-likeness (QED) is 0.898. The summed E-state index contributed by atoms with van der Waals surface area (Å²) in [6.07, 6.45) is 8.32. The number of nitrogens with zero attached hydrogens (tertiary/aromatic N) is 1. The molecule has 1 aromatic carbocycles. The molecule has 0 amide bonds. The van der Waals surface area contributed by atoms with Crippen LogP contribution in [0.15, 0.2) is 18.2 Å². The maximum atomic E-state index is 6.33. The van der Waals surface area contributed by atoms with E-state index in [4.69, 9.17) is 17.3 Å². The first-order valence-electron chi connectivity index (χ1n) is 8.42. The number of hydrogen-bond donors (Lipinski definition) is 1. The molecule has 2 fully saturated rings. The molecule has 2 atom stereocenters. The fraction of sp³-hybridized carbons (Fsp3) is 0.667. The Morgan fingerprint density at radius 1 is 1.24 bits per heavy atom. The zero-order valence-corrected chi connectivity index (χ0v) is 13.8. The fourth-order valence-corrected chi connectivity index (χ4v) is 4.52. The van der Waals surface area contributed by atoms with Crippen LogP contribution in [0.4, 0.5) is 0 Å². The van der Waals surface area contributed by atoms with E-state index in [9.17, 15) is 0 Å². The lowest BCUT2D eigenvalue weighted by Crippen LogP contribution is -2.40. The van der Waals surface area contributed by atoms with Crippen molar-refractivity contribution in [1.29, 1.82) is 0 Å². The van der Waals surface area contributed by atoms with Crippen LogP contribution in [0.25, 0.3) is 0 Å². The molecule has 0 radical (unpaired) electrons. The highest BCUT2D eigenvalue weighted by Crippen LogP contribution is 2.39. The highest BCUT2D eigenvalue weighted by Gasteiger charge is 2.36. The molecule has 2 N–H and O–H groups in total. The SMILES string of the molecule is Cc1ccc(C(CN)N2CCCC2C2CCCC2)cc1Cl. The molecule has 1 aliphatic heterocycles. The molecule has 3 rings (SSSR count). The molecular weight excluding hydrogens is 280 g/mol. The van der Waals surface area contributed by atoms with Gasteiger partial charge in [0.1, 0.15) is 0 Å². The number of aryl methyl sites for hydroxylation is 1. The molecule has 2 nitrogen and oxygen atoms in total. The van der Waals surface area contributed by atoms with Crippen LogP contribution in [0.3, 0.4) is 0 Å². The van der Waals surface area contributed by atoms with Crippen LogP contribution in [-0.4, -0.2) is 24.0 Å². The van der Waals surface area contributed by atoms with Gasteiger partial charge < -0.3 is 5.73 Å². The summed E-state index contributed by atoms with van der Waals surface area (Å²) in [5.74, 6) is 0.891. The first-order chi connectivity index (χ1) is 10.2. The lowest BCUT2D eigenvalue weighted by molar-refractivity contribution is 0.138. The van der Waals surface area contributed by atoms with E-state index >= 15 is 0 Å². The van der Waals surface area contributed by atoms with Crippen molar-refractivity contribution in [2.45, 2.75) is 57.5 Å². The molecule has 1 saturated carbocycles. The molecule has 116 valence electrons. The molecule has 1 aliphatic carbocycles. The Morgan fingerprint density at radius 3 is 2.67 bits per heavy atom. The highest BCUT2D eigenvalue weighted by molar-refractivity contribution is 6.31. The van der Waals surface area contributed by atoms with Crippen molar-refractivity contribution in [2.24, 2.45) is 11.7 Å². The van der Waals surface area contributed by atoms with Crippen molar-refractivity contribution < 1.29 is 0 Å². The number of hydrogen-bond acceptors (Lipinski definition) is 2. The van der Waals surface area contributed by atoms with Gasteiger partial charge in [0, 0.05) is 23.7 Å². The van der Waals surface area contributed by atoms with E-state index in [1.54, 1.807) is 0 Å². The third kappa shape index (κ3) is 3.13. The summed E-state index contributed by atoms with van der Waals surface area (Å²) in [5, 5.41) is 0.863. The minimum atomic E-state index is 0.330. The number of rotatable bonds is 4. The zero-order valence-electron chi connectivity index (χ0n) is 13.0. The van der Waals surface area contributed by atoms with E-state index in [2.05, 4.69) is 30.0 Å². The molecule has 3 heteroatoms. The van der Waals surface area contributed by atoms with E-state index in [0.717, 1.165) is 22.5 Å². The van der Waals surface area contributed by atoms with Crippen LogP contribution in [0, 0.1) is 12.8 Å². The maximum Gasteiger partial charge on any atom is 0.0474 e. The summed E-state index contributed by atoms with van der Waals surface area (Å²) >= 11 is 6.33. The van der Waals surface area contributed by atoms with Crippen LogP contribution in [0.2, 0.25) is 5.02 Å². The Bertz CT molecular complexity index is 482. The van der Waals surface area contributed by atoms with Crippen LogP contribution >= 0.6 is 11.6 Å².